The van der Waals surface area contributed by atoms with E-state index in [0.717, 1.165) is 0 Å². The predicted octanol–water partition coefficient (Wildman–Crippen LogP) is -1.05. The number of hydrogen-bond donors (Lipinski definition) is 2. The van der Waals surface area contributed by atoms with Gasteiger partial charge in [0.15, 0.2) is 0 Å². The van der Waals surface area contributed by atoms with Gasteiger partial charge in [0.2, 0.25) is 5.91 Å². The average Bonchev–Trinajstić information content (AvgIpc) is 2.25. The molecule has 0 bridgehead atoms. The smallest absolute Gasteiger partial charge is 0.320 e. The number of ether oxygens (including phenoxy) is 1. The van der Waals surface area contributed by atoms with E-state index in [9.17, 15) is 9.59 Å². The summed E-state index contributed by atoms with van der Waals surface area (Å²) in [6.07, 6.45) is 0. The molecule has 0 atom stereocenters. The van der Waals surface area contributed by atoms with Gasteiger partial charge >= 0.3 is 5.97 Å². The molecule has 0 aliphatic carbocycles. The number of nitrogens with one attached hydrogen (secondary N) is 1. The molecular weight excluding hydrogens is 210 g/mol. The molecule has 0 aliphatic rings. The highest BCUT2D eigenvalue weighted by Gasteiger charge is 2.12. The van der Waals surface area contributed by atoms with Crippen molar-refractivity contribution in [3.63, 3.8) is 0 Å². The van der Waals surface area contributed by atoms with Gasteiger partial charge in [0.1, 0.15) is 0 Å². The van der Waals surface area contributed by atoms with Crippen LogP contribution in [-0.4, -0.2) is 56.1 Å². The van der Waals surface area contributed by atoms with Gasteiger partial charge in [0.05, 0.1) is 19.7 Å². The minimum absolute atomic E-state index is 0.128. The van der Waals surface area contributed by atoms with Crippen LogP contribution >= 0.6 is 0 Å². The Hall–Kier alpha value is -1.14. The number of carbonyl (C=O) groups excluding carboxylic acids is 2. The molecule has 0 heterocycles. The normalized spacial score (nSPS) is 10.2. The van der Waals surface area contributed by atoms with Crippen LogP contribution in [-0.2, 0) is 14.3 Å². The van der Waals surface area contributed by atoms with Crippen LogP contribution in [0.3, 0.4) is 0 Å². The molecule has 16 heavy (non-hydrogen) atoms. The maximum Gasteiger partial charge on any atom is 0.320 e. The zero-order valence-electron chi connectivity index (χ0n) is 9.99. The van der Waals surface area contributed by atoms with E-state index in [0.29, 0.717) is 26.2 Å². The maximum absolute atomic E-state index is 11.4. The molecule has 0 saturated carbocycles. The van der Waals surface area contributed by atoms with Crippen molar-refractivity contribution in [3.8, 4) is 0 Å². The van der Waals surface area contributed by atoms with Crippen molar-refractivity contribution in [3.05, 3.63) is 0 Å². The fourth-order valence-electron chi connectivity index (χ4n) is 1.14. The second-order valence-electron chi connectivity index (χ2n) is 3.25. The molecule has 94 valence electrons. The molecule has 0 aliphatic heterocycles. The SMILES string of the molecule is CCOC(=O)CN(CC)CC(=O)NCCN. The molecular formula is C10H21N3O3. The summed E-state index contributed by atoms with van der Waals surface area (Å²) >= 11 is 0. The summed E-state index contributed by atoms with van der Waals surface area (Å²) in [5.74, 6) is -0.437. The van der Waals surface area contributed by atoms with Gasteiger partial charge in [0, 0.05) is 13.1 Å². The van der Waals surface area contributed by atoms with Gasteiger partial charge < -0.3 is 15.8 Å². The van der Waals surface area contributed by atoms with E-state index in [2.05, 4.69) is 5.32 Å². The van der Waals surface area contributed by atoms with Crippen molar-refractivity contribution in [2.45, 2.75) is 13.8 Å². The lowest BCUT2D eigenvalue weighted by molar-refractivity contribution is -0.144. The Morgan fingerprint density at radius 3 is 2.50 bits per heavy atom. The topological polar surface area (TPSA) is 84.7 Å². The van der Waals surface area contributed by atoms with Gasteiger partial charge in [0.25, 0.3) is 0 Å². The Morgan fingerprint density at radius 2 is 2.00 bits per heavy atom. The first kappa shape index (κ1) is 14.9. The molecule has 1 amide bonds. The van der Waals surface area contributed by atoms with E-state index in [1.54, 1.807) is 11.8 Å². The molecule has 0 aromatic heterocycles. The van der Waals surface area contributed by atoms with Crippen LogP contribution < -0.4 is 11.1 Å². The standard InChI is InChI=1S/C10H21N3O3/c1-3-13(8-10(15)16-4-2)7-9(14)12-6-5-11/h3-8,11H2,1-2H3,(H,12,14). The quantitative estimate of drug-likeness (QED) is 0.520. The van der Waals surface area contributed by atoms with Gasteiger partial charge in [-0.1, -0.05) is 6.92 Å². The van der Waals surface area contributed by atoms with Crippen molar-refractivity contribution in [2.24, 2.45) is 5.73 Å². The highest BCUT2D eigenvalue weighted by atomic mass is 16.5. The van der Waals surface area contributed by atoms with Crippen LogP contribution in [0.15, 0.2) is 0 Å². The first-order valence-electron chi connectivity index (χ1n) is 5.48. The summed E-state index contributed by atoms with van der Waals surface area (Å²) < 4.78 is 4.80. The third kappa shape index (κ3) is 7.19. The van der Waals surface area contributed by atoms with Crippen LogP contribution in [0.4, 0.5) is 0 Å². The number of hydrogen-bond acceptors (Lipinski definition) is 5. The number of nitrogens with two attached hydrogens (primary N) is 1. The van der Waals surface area contributed by atoms with Gasteiger partial charge in [-0.25, -0.2) is 0 Å². The van der Waals surface area contributed by atoms with Crippen LogP contribution in [0.25, 0.3) is 0 Å². The molecule has 0 fully saturated rings. The molecule has 0 radical (unpaired) electrons. The highest BCUT2D eigenvalue weighted by Crippen LogP contribution is 1.90. The van der Waals surface area contributed by atoms with E-state index in [1.807, 2.05) is 6.92 Å². The largest absolute Gasteiger partial charge is 0.465 e. The minimum Gasteiger partial charge on any atom is -0.465 e. The number of likely N-dealkylation sites (N-methyl/N-ethyl adjacent to an activating group) is 1. The van der Waals surface area contributed by atoms with Crippen LogP contribution in [0.5, 0.6) is 0 Å². The first-order valence-corrected chi connectivity index (χ1v) is 5.48. The summed E-state index contributed by atoms with van der Waals surface area (Å²) in [7, 11) is 0. The van der Waals surface area contributed by atoms with Crippen LogP contribution in [0, 0.1) is 0 Å². The Morgan fingerprint density at radius 1 is 1.31 bits per heavy atom. The monoisotopic (exact) mass is 231 g/mol. The van der Waals surface area contributed by atoms with Crippen molar-refractivity contribution < 1.29 is 14.3 Å². The second-order valence-corrected chi connectivity index (χ2v) is 3.25. The Labute approximate surface area is 96.1 Å². The fraction of sp³-hybridized carbons (Fsp3) is 0.800. The van der Waals surface area contributed by atoms with Gasteiger partial charge in [-0.2, -0.15) is 0 Å². The average molecular weight is 231 g/mol. The van der Waals surface area contributed by atoms with Crippen LogP contribution in [0.1, 0.15) is 13.8 Å². The second kappa shape index (κ2) is 9.11. The van der Waals surface area contributed by atoms with Gasteiger partial charge in [-0.3, -0.25) is 14.5 Å². The number of rotatable bonds is 8. The van der Waals surface area contributed by atoms with E-state index < -0.39 is 0 Å². The van der Waals surface area contributed by atoms with Gasteiger partial charge in [-0.05, 0) is 13.5 Å². The van der Waals surface area contributed by atoms with E-state index in [-0.39, 0.29) is 25.0 Å². The Kier molecular flexibility index (Phi) is 8.46. The lowest BCUT2D eigenvalue weighted by atomic mass is 10.4. The third-order valence-electron chi connectivity index (χ3n) is 1.94. The van der Waals surface area contributed by atoms with Crippen molar-refractivity contribution in [1.29, 1.82) is 0 Å². The lowest BCUT2D eigenvalue weighted by Crippen LogP contribution is -2.41. The molecule has 6 heteroatoms. The summed E-state index contributed by atoms with van der Waals surface area (Å²) in [6, 6.07) is 0. The van der Waals surface area contributed by atoms with E-state index in [4.69, 9.17) is 10.5 Å². The van der Waals surface area contributed by atoms with E-state index >= 15 is 0 Å². The molecule has 3 N–H and O–H groups in total. The molecule has 0 aromatic rings. The molecule has 0 saturated heterocycles. The molecule has 6 nitrogen and oxygen atoms in total. The number of nitrogens with zero attached hydrogens (tertiary/aromatic N) is 1. The third-order valence-corrected chi connectivity index (χ3v) is 1.94. The van der Waals surface area contributed by atoms with Crippen molar-refractivity contribution in [2.75, 3.05) is 39.3 Å². The summed E-state index contributed by atoms with van der Waals surface area (Å²) in [5.41, 5.74) is 5.26. The first-order chi connectivity index (χ1) is 7.63. The summed E-state index contributed by atoms with van der Waals surface area (Å²) in [4.78, 5) is 24.3. The van der Waals surface area contributed by atoms with Gasteiger partial charge in [-0.15, -0.1) is 0 Å². The zero-order chi connectivity index (χ0) is 12.4. The minimum atomic E-state index is -0.309. The molecule has 0 unspecified atom stereocenters. The lowest BCUT2D eigenvalue weighted by Gasteiger charge is -2.18. The Bertz CT molecular complexity index is 221. The zero-order valence-corrected chi connectivity index (χ0v) is 9.99. The molecule has 0 rings (SSSR count). The van der Waals surface area contributed by atoms with Crippen molar-refractivity contribution >= 4 is 11.9 Å². The van der Waals surface area contributed by atoms with Crippen molar-refractivity contribution in [1.82, 2.24) is 10.2 Å². The maximum atomic E-state index is 11.4. The predicted molar refractivity (Wildman–Crippen MR) is 60.8 cm³/mol. The van der Waals surface area contributed by atoms with Crippen LogP contribution in [0.2, 0.25) is 0 Å². The fourth-order valence-corrected chi connectivity index (χ4v) is 1.14. The number of amides is 1. The highest BCUT2D eigenvalue weighted by molar-refractivity contribution is 5.79. The van der Waals surface area contributed by atoms with E-state index in [1.165, 1.54) is 0 Å². The number of esters is 1. The molecule has 0 spiro atoms. The number of carbonyl (C=O) groups is 2. The molecule has 0 aromatic carbocycles. The summed E-state index contributed by atoms with van der Waals surface area (Å²) in [5, 5.41) is 2.64. The Balaban J connectivity index is 3.90. The summed E-state index contributed by atoms with van der Waals surface area (Å²) in [6.45, 7) is 5.81.